The zero-order valence-electron chi connectivity index (χ0n) is 16.2. The lowest BCUT2D eigenvalue weighted by Crippen LogP contribution is -2.39. The summed E-state index contributed by atoms with van der Waals surface area (Å²) >= 11 is 0. The molecule has 3 heterocycles. The van der Waals surface area contributed by atoms with E-state index < -0.39 is 0 Å². The molecular formula is C21H26N6O. The summed E-state index contributed by atoms with van der Waals surface area (Å²) in [6.45, 7) is 5.55. The van der Waals surface area contributed by atoms with E-state index in [4.69, 9.17) is 0 Å². The largest absolute Gasteiger partial charge is 0.334 e. The van der Waals surface area contributed by atoms with Crippen LogP contribution in [0.1, 0.15) is 42.5 Å². The van der Waals surface area contributed by atoms with Crippen LogP contribution >= 0.6 is 0 Å². The molecule has 1 saturated carbocycles. The van der Waals surface area contributed by atoms with E-state index in [0.717, 1.165) is 55.6 Å². The van der Waals surface area contributed by atoms with E-state index >= 15 is 0 Å². The number of aromatic nitrogens is 4. The Kier molecular flexibility index (Phi) is 4.19. The number of aromatic amines is 1. The number of hydrogen-bond acceptors (Lipinski definition) is 4. The number of aryl methyl sites for hydroxylation is 1. The Bertz CT molecular complexity index is 999. The van der Waals surface area contributed by atoms with Gasteiger partial charge in [-0.25, -0.2) is 4.98 Å². The normalized spacial score (nSPS) is 20.5. The molecule has 7 nitrogen and oxygen atoms in total. The highest BCUT2D eigenvalue weighted by atomic mass is 16.2. The van der Waals surface area contributed by atoms with Gasteiger partial charge in [-0.2, -0.15) is 5.10 Å². The third-order valence-corrected chi connectivity index (χ3v) is 6.51. The van der Waals surface area contributed by atoms with Gasteiger partial charge < -0.3 is 14.8 Å². The molecule has 0 radical (unpaired) electrons. The van der Waals surface area contributed by atoms with Crippen LogP contribution < -0.4 is 5.32 Å². The SMILES string of the molecule is CCn1ccnc1CN(C(=O)c1n[nH]c2ccccc12)[C@@H]1CC12CCNCC2. The van der Waals surface area contributed by atoms with Crippen LogP contribution in [0.25, 0.3) is 10.9 Å². The van der Waals surface area contributed by atoms with Gasteiger partial charge in [0.15, 0.2) is 5.69 Å². The van der Waals surface area contributed by atoms with Gasteiger partial charge in [0.1, 0.15) is 5.82 Å². The van der Waals surface area contributed by atoms with Crippen molar-refractivity contribution in [3.05, 3.63) is 48.2 Å². The van der Waals surface area contributed by atoms with Crippen molar-refractivity contribution in [3.63, 3.8) is 0 Å². The van der Waals surface area contributed by atoms with Gasteiger partial charge in [-0.3, -0.25) is 9.89 Å². The maximum atomic E-state index is 13.6. The molecule has 0 bridgehead atoms. The minimum atomic E-state index is 0.00325. The topological polar surface area (TPSA) is 78.8 Å². The Morgan fingerprint density at radius 1 is 1.32 bits per heavy atom. The molecule has 2 aliphatic rings. The number of imidazole rings is 1. The fourth-order valence-electron chi connectivity index (χ4n) is 4.75. The number of nitrogens with one attached hydrogen (secondary N) is 2. The highest BCUT2D eigenvalue weighted by Gasteiger charge is 2.58. The van der Waals surface area contributed by atoms with E-state index in [-0.39, 0.29) is 17.4 Å². The lowest BCUT2D eigenvalue weighted by Gasteiger charge is -2.29. The Hall–Kier alpha value is -2.67. The van der Waals surface area contributed by atoms with Gasteiger partial charge in [-0.1, -0.05) is 18.2 Å². The first-order chi connectivity index (χ1) is 13.7. The fraction of sp³-hybridized carbons (Fsp3) is 0.476. The summed E-state index contributed by atoms with van der Waals surface area (Å²) in [7, 11) is 0. The molecule has 1 aliphatic heterocycles. The van der Waals surface area contributed by atoms with Gasteiger partial charge >= 0.3 is 0 Å². The molecule has 2 fully saturated rings. The zero-order valence-corrected chi connectivity index (χ0v) is 16.2. The maximum absolute atomic E-state index is 13.6. The maximum Gasteiger partial charge on any atom is 0.275 e. The fourth-order valence-corrected chi connectivity index (χ4v) is 4.75. The Morgan fingerprint density at radius 3 is 2.96 bits per heavy atom. The highest BCUT2D eigenvalue weighted by Crippen LogP contribution is 2.56. The highest BCUT2D eigenvalue weighted by molar-refractivity contribution is 6.04. The minimum Gasteiger partial charge on any atom is -0.334 e. The van der Waals surface area contributed by atoms with Gasteiger partial charge in [-0.05, 0) is 50.8 Å². The average molecular weight is 378 g/mol. The summed E-state index contributed by atoms with van der Waals surface area (Å²) in [5, 5.41) is 11.7. The number of hydrogen-bond donors (Lipinski definition) is 2. The molecule has 1 aromatic carbocycles. The van der Waals surface area contributed by atoms with E-state index in [9.17, 15) is 4.79 Å². The van der Waals surface area contributed by atoms with E-state index in [2.05, 4.69) is 32.0 Å². The van der Waals surface area contributed by atoms with Crippen LogP contribution in [0.4, 0.5) is 0 Å². The summed E-state index contributed by atoms with van der Waals surface area (Å²) in [5.74, 6) is 0.940. The molecule has 3 aromatic rings. The molecule has 1 amide bonds. The molecule has 1 spiro atoms. The van der Waals surface area contributed by atoms with Crippen LogP contribution in [0, 0.1) is 5.41 Å². The first-order valence-electron chi connectivity index (χ1n) is 10.2. The zero-order chi connectivity index (χ0) is 19.1. The van der Waals surface area contributed by atoms with Crippen molar-refractivity contribution in [2.75, 3.05) is 13.1 Å². The molecule has 1 saturated heterocycles. The molecule has 2 N–H and O–H groups in total. The van der Waals surface area contributed by atoms with Gasteiger partial charge in [0.2, 0.25) is 0 Å². The standard InChI is InChI=1S/C21H26N6O/c1-2-26-12-11-23-18(26)14-27(17-13-21(17)7-9-22-10-8-21)20(28)19-15-5-3-4-6-16(15)24-25-19/h3-6,11-12,17,22H,2,7-10,13-14H2,1H3,(H,24,25)/t17-/m1/s1. The molecule has 0 unspecified atom stereocenters. The van der Waals surface area contributed by atoms with Crippen LogP contribution in [0.2, 0.25) is 0 Å². The smallest absolute Gasteiger partial charge is 0.275 e. The molecule has 1 atom stereocenters. The summed E-state index contributed by atoms with van der Waals surface area (Å²) in [6.07, 6.45) is 7.14. The van der Waals surface area contributed by atoms with Crippen molar-refractivity contribution in [1.29, 1.82) is 0 Å². The number of para-hydroxylation sites is 1. The first-order valence-corrected chi connectivity index (χ1v) is 10.2. The van der Waals surface area contributed by atoms with Crippen molar-refractivity contribution in [3.8, 4) is 0 Å². The van der Waals surface area contributed by atoms with Crippen molar-refractivity contribution >= 4 is 16.8 Å². The number of benzene rings is 1. The lowest BCUT2D eigenvalue weighted by atomic mass is 9.93. The summed E-state index contributed by atoms with van der Waals surface area (Å²) < 4.78 is 2.11. The van der Waals surface area contributed by atoms with E-state index in [0.29, 0.717) is 12.2 Å². The second-order valence-corrected chi connectivity index (χ2v) is 8.01. The monoisotopic (exact) mass is 378 g/mol. The lowest BCUT2D eigenvalue weighted by molar-refractivity contribution is 0.0681. The summed E-state index contributed by atoms with van der Waals surface area (Å²) in [5.41, 5.74) is 1.67. The Balaban J connectivity index is 1.49. The predicted octanol–water partition coefficient (Wildman–Crippen LogP) is 2.56. The van der Waals surface area contributed by atoms with Crippen LogP contribution in [0.5, 0.6) is 0 Å². The minimum absolute atomic E-state index is 0.00325. The molecule has 1 aliphatic carbocycles. The molecule has 146 valence electrons. The summed E-state index contributed by atoms with van der Waals surface area (Å²) in [6, 6.07) is 8.09. The third-order valence-electron chi connectivity index (χ3n) is 6.51. The molecule has 2 aromatic heterocycles. The molecule has 28 heavy (non-hydrogen) atoms. The number of carbonyl (C=O) groups excluding carboxylic acids is 1. The van der Waals surface area contributed by atoms with Crippen molar-refractivity contribution in [2.24, 2.45) is 5.41 Å². The second-order valence-electron chi connectivity index (χ2n) is 8.01. The van der Waals surface area contributed by atoms with E-state index in [1.807, 2.05) is 41.6 Å². The number of nitrogens with zero attached hydrogens (tertiary/aromatic N) is 4. The van der Waals surface area contributed by atoms with Crippen molar-refractivity contribution in [1.82, 2.24) is 30.0 Å². The average Bonchev–Trinajstić information content (AvgIpc) is 3.10. The van der Waals surface area contributed by atoms with Crippen molar-refractivity contribution in [2.45, 2.75) is 45.3 Å². The van der Waals surface area contributed by atoms with Crippen LogP contribution in [-0.2, 0) is 13.1 Å². The second kappa shape index (κ2) is 6.74. The molecule has 7 heteroatoms. The van der Waals surface area contributed by atoms with Crippen molar-refractivity contribution < 1.29 is 4.79 Å². The van der Waals surface area contributed by atoms with Crippen LogP contribution in [-0.4, -0.2) is 49.7 Å². The van der Waals surface area contributed by atoms with E-state index in [1.54, 1.807) is 0 Å². The number of piperidine rings is 1. The predicted molar refractivity (Wildman–Crippen MR) is 107 cm³/mol. The van der Waals surface area contributed by atoms with Gasteiger partial charge in [0.25, 0.3) is 5.91 Å². The number of fused-ring (bicyclic) bond motifs is 1. The van der Waals surface area contributed by atoms with Crippen LogP contribution in [0.3, 0.4) is 0 Å². The molecular weight excluding hydrogens is 352 g/mol. The van der Waals surface area contributed by atoms with Crippen LogP contribution in [0.15, 0.2) is 36.7 Å². The summed E-state index contributed by atoms with van der Waals surface area (Å²) in [4.78, 5) is 20.2. The Labute approximate surface area is 164 Å². The number of rotatable bonds is 5. The molecule has 5 rings (SSSR count). The Morgan fingerprint density at radius 2 is 2.14 bits per heavy atom. The third kappa shape index (κ3) is 2.81. The quantitative estimate of drug-likeness (QED) is 0.715. The first kappa shape index (κ1) is 17.4. The number of carbonyl (C=O) groups is 1. The number of amides is 1. The van der Waals surface area contributed by atoms with Gasteiger partial charge in [0, 0.05) is 30.4 Å². The number of H-pyrrole nitrogens is 1. The van der Waals surface area contributed by atoms with Gasteiger partial charge in [-0.15, -0.1) is 0 Å². The van der Waals surface area contributed by atoms with E-state index in [1.165, 1.54) is 0 Å². The van der Waals surface area contributed by atoms with Gasteiger partial charge in [0.05, 0.1) is 12.1 Å².